The molecule has 0 N–H and O–H groups in total. The summed E-state index contributed by atoms with van der Waals surface area (Å²) >= 11 is -1.08. The van der Waals surface area contributed by atoms with E-state index in [0.29, 0.717) is 0 Å². The van der Waals surface area contributed by atoms with E-state index in [1.54, 1.807) is 0 Å². The summed E-state index contributed by atoms with van der Waals surface area (Å²) in [6.45, 7) is 9.81. The van der Waals surface area contributed by atoms with Gasteiger partial charge in [0.2, 0.25) is 0 Å². The van der Waals surface area contributed by atoms with Crippen molar-refractivity contribution in [1.82, 2.24) is 0 Å². The van der Waals surface area contributed by atoms with Crippen LogP contribution in [0, 0.1) is 0 Å². The lowest BCUT2D eigenvalue weighted by Crippen LogP contribution is -2.28. The molecule has 0 aliphatic rings. The third-order valence-electron chi connectivity index (χ3n) is 4.14. The van der Waals surface area contributed by atoms with Gasteiger partial charge < -0.3 is 8.53 Å². The third kappa shape index (κ3) is 14.1. The SMILES string of the molecule is CCCCC[CH2][Al]([CH2]CCCCC)[O]C(CCC)OCCC. The molecule has 0 spiro atoms. The Morgan fingerprint density at radius 1 is 0.682 bits per heavy atom. The normalized spacial score (nSPS) is 12.5. The van der Waals surface area contributed by atoms with E-state index in [0.717, 1.165) is 25.9 Å². The summed E-state index contributed by atoms with van der Waals surface area (Å²) in [4.78, 5) is 0. The second kappa shape index (κ2) is 17.8. The largest absolute Gasteiger partial charge is 0.478 e. The van der Waals surface area contributed by atoms with Gasteiger partial charge in [-0.15, -0.1) is 0 Å². The van der Waals surface area contributed by atoms with E-state index in [1.165, 1.54) is 61.9 Å². The van der Waals surface area contributed by atoms with Crippen LogP contribution in [0.3, 0.4) is 0 Å². The second-order valence-electron chi connectivity index (χ2n) is 6.55. The van der Waals surface area contributed by atoms with Crippen LogP contribution < -0.4 is 0 Å². The van der Waals surface area contributed by atoms with Crippen LogP contribution >= 0.6 is 0 Å². The molecule has 0 aliphatic carbocycles. The first-order chi connectivity index (χ1) is 10.8. The lowest BCUT2D eigenvalue weighted by molar-refractivity contribution is -0.0877. The van der Waals surface area contributed by atoms with Crippen LogP contribution in [0.5, 0.6) is 0 Å². The van der Waals surface area contributed by atoms with Crippen molar-refractivity contribution in [2.24, 2.45) is 0 Å². The van der Waals surface area contributed by atoms with Gasteiger partial charge in [0.15, 0.2) is 0 Å². The van der Waals surface area contributed by atoms with Gasteiger partial charge in [-0.25, -0.2) is 0 Å². The molecule has 0 rings (SSSR count). The molecule has 0 saturated heterocycles. The van der Waals surface area contributed by atoms with Gasteiger partial charge >= 0.3 is 14.5 Å². The van der Waals surface area contributed by atoms with E-state index in [9.17, 15) is 0 Å². The van der Waals surface area contributed by atoms with Crippen LogP contribution in [0.25, 0.3) is 0 Å². The summed E-state index contributed by atoms with van der Waals surface area (Å²) in [7, 11) is 0. The molecule has 0 aromatic rings. The Hall–Kier alpha value is 0.452. The molecule has 2 nitrogen and oxygen atoms in total. The molecule has 0 heterocycles. The minimum Gasteiger partial charge on any atom is -0.478 e. The fourth-order valence-corrected chi connectivity index (χ4v) is 5.46. The number of ether oxygens (including phenoxy) is 1. The predicted octanol–water partition coefficient (Wildman–Crippen LogP) is 6.71. The average Bonchev–Trinajstić information content (AvgIpc) is 2.53. The zero-order valence-corrected chi connectivity index (χ0v) is 17.0. The van der Waals surface area contributed by atoms with Gasteiger partial charge in [-0.1, -0.05) is 96.0 Å². The Morgan fingerprint density at radius 3 is 1.73 bits per heavy atom. The Bertz CT molecular complexity index is 200. The van der Waals surface area contributed by atoms with Gasteiger partial charge in [0.05, 0.1) is 0 Å². The van der Waals surface area contributed by atoms with Gasteiger partial charge in [0.1, 0.15) is 6.29 Å². The van der Waals surface area contributed by atoms with Crippen molar-refractivity contribution >= 4 is 14.5 Å². The van der Waals surface area contributed by atoms with Crippen LogP contribution in [-0.4, -0.2) is 27.4 Å². The molecule has 0 radical (unpaired) electrons. The first kappa shape index (κ1) is 22.5. The maximum Gasteiger partial charge on any atom is 0.462 e. The Kier molecular flexibility index (Phi) is 18.2. The summed E-state index contributed by atoms with van der Waals surface area (Å²) in [6.07, 6.45) is 14.3. The Labute approximate surface area is 145 Å². The number of unbranched alkanes of at least 4 members (excludes halogenated alkanes) is 6. The molecule has 0 amide bonds. The van der Waals surface area contributed by atoms with Crippen LogP contribution in [0.4, 0.5) is 0 Å². The van der Waals surface area contributed by atoms with Crippen LogP contribution in [-0.2, 0) is 8.53 Å². The lowest BCUT2D eigenvalue weighted by Gasteiger charge is -2.23. The standard InChI is InChI=1S/C7H15O2.2C6H13.Al/c1-3-5-7(8)9-6-4-2;2*1-3-5-6-4-2;/h7H,3-6H2,1-2H3;2*1,3-6H2,2H3;/q-1;;;+1. The number of hydrogen-bond donors (Lipinski definition) is 0. The van der Waals surface area contributed by atoms with Crippen molar-refractivity contribution < 1.29 is 8.53 Å². The monoisotopic (exact) mass is 328 g/mol. The van der Waals surface area contributed by atoms with Crippen LogP contribution in [0.2, 0.25) is 10.6 Å². The summed E-state index contributed by atoms with van der Waals surface area (Å²) in [5.74, 6) is 0. The summed E-state index contributed by atoms with van der Waals surface area (Å²) in [6, 6.07) is 0. The van der Waals surface area contributed by atoms with E-state index in [4.69, 9.17) is 8.53 Å². The fourth-order valence-electron chi connectivity index (χ4n) is 2.77. The molecule has 0 bridgehead atoms. The molecule has 0 aromatic carbocycles. The molecule has 0 aliphatic heterocycles. The highest BCUT2D eigenvalue weighted by atomic mass is 27.2. The van der Waals surface area contributed by atoms with E-state index in [2.05, 4.69) is 27.7 Å². The van der Waals surface area contributed by atoms with E-state index in [1.807, 2.05) is 0 Å². The average molecular weight is 329 g/mol. The molecular weight excluding hydrogens is 287 g/mol. The fraction of sp³-hybridized carbons (Fsp3) is 1.00. The molecule has 0 saturated carbocycles. The Balaban J connectivity index is 4.18. The van der Waals surface area contributed by atoms with Gasteiger partial charge in [0, 0.05) is 6.61 Å². The molecule has 0 fully saturated rings. The van der Waals surface area contributed by atoms with Crippen molar-refractivity contribution in [3.63, 3.8) is 0 Å². The van der Waals surface area contributed by atoms with Gasteiger partial charge in [-0.3, -0.25) is 0 Å². The highest BCUT2D eigenvalue weighted by Gasteiger charge is 2.23. The second-order valence-corrected chi connectivity index (χ2v) is 9.22. The van der Waals surface area contributed by atoms with E-state index >= 15 is 0 Å². The molecule has 0 aromatic heterocycles. The zero-order valence-electron chi connectivity index (χ0n) is 15.9. The van der Waals surface area contributed by atoms with Crippen molar-refractivity contribution in [3.05, 3.63) is 0 Å². The lowest BCUT2D eigenvalue weighted by atomic mass is 10.2. The molecule has 3 heteroatoms. The number of rotatable bonds is 17. The summed E-state index contributed by atoms with van der Waals surface area (Å²) < 4.78 is 12.4. The summed E-state index contributed by atoms with van der Waals surface area (Å²) in [5, 5.41) is 2.70. The van der Waals surface area contributed by atoms with Crippen molar-refractivity contribution in [2.45, 2.75) is 115 Å². The molecular formula is C19H41AlO2. The maximum absolute atomic E-state index is 6.47. The van der Waals surface area contributed by atoms with Crippen molar-refractivity contribution in [3.8, 4) is 0 Å². The zero-order chi connectivity index (χ0) is 16.5. The molecule has 1 atom stereocenters. The van der Waals surface area contributed by atoms with E-state index in [-0.39, 0.29) is 6.29 Å². The van der Waals surface area contributed by atoms with Gasteiger partial charge in [-0.05, 0) is 12.8 Å². The number of hydrogen-bond acceptors (Lipinski definition) is 2. The van der Waals surface area contributed by atoms with E-state index < -0.39 is 14.5 Å². The van der Waals surface area contributed by atoms with Crippen LogP contribution in [0.15, 0.2) is 0 Å². The summed E-state index contributed by atoms with van der Waals surface area (Å²) in [5.41, 5.74) is 0. The highest BCUT2D eigenvalue weighted by Crippen LogP contribution is 2.18. The molecule has 22 heavy (non-hydrogen) atoms. The quantitative estimate of drug-likeness (QED) is 0.168. The smallest absolute Gasteiger partial charge is 0.462 e. The van der Waals surface area contributed by atoms with Gasteiger partial charge in [0.25, 0.3) is 0 Å². The molecule has 1 unspecified atom stereocenters. The van der Waals surface area contributed by atoms with Crippen molar-refractivity contribution in [2.75, 3.05) is 6.61 Å². The third-order valence-corrected chi connectivity index (χ3v) is 6.93. The molecule has 132 valence electrons. The maximum atomic E-state index is 6.47. The Morgan fingerprint density at radius 2 is 1.27 bits per heavy atom. The first-order valence-corrected chi connectivity index (χ1v) is 12.2. The minimum atomic E-state index is -1.08. The topological polar surface area (TPSA) is 18.5 Å². The van der Waals surface area contributed by atoms with Gasteiger partial charge in [-0.2, -0.15) is 0 Å². The first-order valence-electron chi connectivity index (χ1n) is 10.0. The minimum absolute atomic E-state index is 0.0824. The van der Waals surface area contributed by atoms with Crippen LogP contribution in [0.1, 0.15) is 98.3 Å². The predicted molar refractivity (Wildman–Crippen MR) is 99.7 cm³/mol. The van der Waals surface area contributed by atoms with Crippen molar-refractivity contribution in [1.29, 1.82) is 0 Å². The highest BCUT2D eigenvalue weighted by molar-refractivity contribution is 6.51.